The minimum absolute atomic E-state index is 0.0106. The van der Waals surface area contributed by atoms with Crippen molar-refractivity contribution >= 4 is 13.7 Å². The fourth-order valence-electron chi connectivity index (χ4n) is 3.14. The summed E-state index contributed by atoms with van der Waals surface area (Å²) in [4.78, 5) is 20.6. The van der Waals surface area contributed by atoms with E-state index in [-0.39, 0.29) is 12.2 Å². The first-order valence-electron chi connectivity index (χ1n) is 7.69. The van der Waals surface area contributed by atoms with Crippen LogP contribution in [-0.4, -0.2) is 58.1 Å². The third-order valence-corrected chi connectivity index (χ3v) is 5.44. The topological polar surface area (TPSA) is 152 Å². The predicted molar refractivity (Wildman–Crippen MR) is 81.2 cm³/mol. The summed E-state index contributed by atoms with van der Waals surface area (Å²) in [5.74, 6) is -0.616. The van der Waals surface area contributed by atoms with Gasteiger partial charge in [-0.3, -0.25) is 13.8 Å². The lowest BCUT2D eigenvalue weighted by atomic mass is 10.1. The second-order valence-corrected chi connectivity index (χ2v) is 7.41. The number of carbonyl (C=O) groups excluding carboxylic acids is 1. The highest BCUT2D eigenvalue weighted by molar-refractivity contribution is 7.47. The molecule has 3 rings (SSSR count). The zero-order valence-corrected chi connectivity index (χ0v) is 14.3. The molecule has 5 N–H and O–H groups in total. The van der Waals surface area contributed by atoms with Crippen LogP contribution in [0, 0.1) is 0 Å². The van der Waals surface area contributed by atoms with Gasteiger partial charge in [0, 0.05) is 6.07 Å². The number of fused-ring (bicyclic) bond motifs is 1. The van der Waals surface area contributed by atoms with Gasteiger partial charge in [-0.15, -0.1) is 0 Å². The average molecular weight is 375 g/mol. The first kappa shape index (κ1) is 18.4. The van der Waals surface area contributed by atoms with E-state index in [2.05, 4.69) is 4.52 Å². The number of amides is 1. The van der Waals surface area contributed by atoms with Crippen LogP contribution in [0.25, 0.3) is 0 Å². The lowest BCUT2D eigenvalue weighted by Crippen LogP contribution is -2.47. The van der Waals surface area contributed by atoms with Gasteiger partial charge in [-0.05, 0) is 13.0 Å². The largest absolute Gasteiger partial charge is 0.472 e. The Kier molecular flexibility index (Phi) is 4.71. The van der Waals surface area contributed by atoms with Crippen molar-refractivity contribution in [1.82, 2.24) is 0 Å². The number of aliphatic hydroxyl groups excluding tert-OH is 1. The molecule has 0 radical (unpaired) electrons. The number of nitrogens with two attached hydrogens (primary N) is 1. The molecule has 2 fully saturated rings. The number of aromatic nitrogens is 1. The molecule has 1 aromatic heterocycles. The van der Waals surface area contributed by atoms with Crippen molar-refractivity contribution in [3.05, 3.63) is 30.1 Å². The molecule has 0 aromatic carbocycles. The molecule has 1 saturated carbocycles. The minimum atomic E-state index is -4.22. The van der Waals surface area contributed by atoms with E-state index >= 15 is 0 Å². The fourth-order valence-corrected chi connectivity index (χ4v) is 3.87. The number of aliphatic hydroxyl groups is 2. The van der Waals surface area contributed by atoms with E-state index in [1.807, 2.05) is 0 Å². The molecule has 1 aromatic rings. The van der Waals surface area contributed by atoms with Crippen molar-refractivity contribution in [3.63, 3.8) is 0 Å². The number of nitrogens with zero attached hydrogens (tertiary/aromatic N) is 1. The van der Waals surface area contributed by atoms with Crippen molar-refractivity contribution in [2.24, 2.45) is 5.73 Å². The van der Waals surface area contributed by atoms with E-state index in [0.717, 1.165) is 0 Å². The third-order valence-electron chi connectivity index (χ3n) is 4.38. The van der Waals surface area contributed by atoms with Crippen LogP contribution in [0.1, 0.15) is 23.3 Å². The Morgan fingerprint density at radius 3 is 2.80 bits per heavy atom. The van der Waals surface area contributed by atoms with Crippen molar-refractivity contribution < 1.29 is 42.8 Å². The van der Waals surface area contributed by atoms with E-state index in [4.69, 9.17) is 15.0 Å². The normalized spacial score (nSPS) is 35.8. The Morgan fingerprint density at radius 1 is 1.52 bits per heavy atom. The summed E-state index contributed by atoms with van der Waals surface area (Å²) in [6.07, 6.45) is 0.0174. The maximum Gasteiger partial charge on any atom is 0.472 e. The van der Waals surface area contributed by atoms with E-state index < -0.39 is 50.3 Å². The highest BCUT2D eigenvalue weighted by Gasteiger charge is 2.82. The Morgan fingerprint density at radius 2 is 2.24 bits per heavy atom. The number of ether oxygens (including phenoxy) is 1. The summed E-state index contributed by atoms with van der Waals surface area (Å²) in [6, 6.07) is 2.52. The molecular formula is C14H20N2O8P+. The zero-order chi connectivity index (χ0) is 18.4. The lowest BCUT2D eigenvalue weighted by Gasteiger charge is -2.21. The molecule has 1 saturated heterocycles. The van der Waals surface area contributed by atoms with Gasteiger partial charge in [0.05, 0.1) is 13.2 Å². The zero-order valence-electron chi connectivity index (χ0n) is 13.4. The third kappa shape index (κ3) is 3.22. The van der Waals surface area contributed by atoms with Crippen LogP contribution in [0.3, 0.4) is 0 Å². The van der Waals surface area contributed by atoms with Crippen LogP contribution in [0.5, 0.6) is 0 Å². The van der Waals surface area contributed by atoms with Gasteiger partial charge in [-0.2, -0.15) is 4.57 Å². The maximum atomic E-state index is 11.5. The summed E-state index contributed by atoms with van der Waals surface area (Å²) in [5.41, 5.74) is 3.90. The number of hydrogen-bond acceptors (Lipinski definition) is 7. The van der Waals surface area contributed by atoms with Crippen molar-refractivity contribution in [2.45, 2.75) is 36.9 Å². The second-order valence-electron chi connectivity index (χ2n) is 5.96. The summed E-state index contributed by atoms with van der Waals surface area (Å²) in [7, 11) is -4.22. The highest BCUT2D eigenvalue weighted by Crippen LogP contribution is 2.56. The van der Waals surface area contributed by atoms with Gasteiger partial charge in [0.2, 0.25) is 6.04 Å². The van der Waals surface area contributed by atoms with Crippen LogP contribution in [-0.2, 0) is 18.3 Å². The van der Waals surface area contributed by atoms with Crippen LogP contribution < -0.4 is 10.3 Å². The van der Waals surface area contributed by atoms with Gasteiger partial charge in [-0.25, -0.2) is 4.57 Å². The maximum absolute atomic E-state index is 11.5. The molecule has 2 aliphatic rings. The second kappa shape index (κ2) is 6.40. The Balaban J connectivity index is 1.67. The standard InChI is InChI=1S/C14H19N2O8P/c1-2-22-25(20,21)23-7-9-11(17)14(19)10(12(14)24-9)16-5-3-4-8(6-16)13(15)18/h3-6,9-12,17,19H,2,7H2,1H3,(H2-,15,18,20,21)/p+1/t9?,10?,11-,12+,14-/m1/s1. The average Bonchev–Trinajstić information content (AvgIpc) is 3.07. The number of primary amides is 1. The molecular weight excluding hydrogens is 355 g/mol. The fraction of sp³-hybridized carbons (Fsp3) is 0.571. The molecule has 3 unspecified atom stereocenters. The van der Waals surface area contributed by atoms with E-state index in [0.29, 0.717) is 0 Å². The lowest BCUT2D eigenvalue weighted by molar-refractivity contribution is -0.711. The number of phosphoric acid groups is 1. The molecule has 0 bridgehead atoms. The molecule has 1 aliphatic heterocycles. The number of pyridine rings is 1. The quantitative estimate of drug-likeness (QED) is 0.337. The van der Waals surface area contributed by atoms with Gasteiger partial charge in [0.1, 0.15) is 17.8 Å². The number of hydrogen-bond donors (Lipinski definition) is 4. The van der Waals surface area contributed by atoms with Crippen molar-refractivity contribution in [1.29, 1.82) is 0 Å². The molecule has 138 valence electrons. The summed E-state index contributed by atoms with van der Waals surface area (Å²) >= 11 is 0. The van der Waals surface area contributed by atoms with Crippen LogP contribution in [0.15, 0.2) is 24.5 Å². The van der Waals surface area contributed by atoms with Gasteiger partial charge < -0.3 is 25.6 Å². The molecule has 1 amide bonds. The number of carbonyl (C=O) groups is 1. The van der Waals surface area contributed by atoms with E-state index in [9.17, 15) is 24.5 Å². The molecule has 11 heteroatoms. The van der Waals surface area contributed by atoms with E-state index in [1.54, 1.807) is 16.8 Å². The molecule has 25 heavy (non-hydrogen) atoms. The van der Waals surface area contributed by atoms with Crippen LogP contribution in [0.2, 0.25) is 0 Å². The SMILES string of the molecule is CCOP(=O)(O)OCC1O[C@H]2C([n+]3cccc(C(N)=O)c3)[C@@]2(O)[C@@H]1O. The molecule has 2 heterocycles. The van der Waals surface area contributed by atoms with E-state index in [1.165, 1.54) is 19.2 Å². The first-order chi connectivity index (χ1) is 11.7. The summed E-state index contributed by atoms with van der Waals surface area (Å²) < 4.78 is 27.9. The number of phosphoric ester groups is 1. The molecule has 0 spiro atoms. The first-order valence-corrected chi connectivity index (χ1v) is 9.18. The minimum Gasteiger partial charge on any atom is -0.387 e. The predicted octanol–water partition coefficient (Wildman–Crippen LogP) is -1.36. The Hall–Kier alpha value is -1.39. The van der Waals surface area contributed by atoms with Gasteiger partial charge in [0.15, 0.2) is 24.1 Å². The Bertz CT molecular complexity index is 731. The smallest absolute Gasteiger partial charge is 0.387 e. The highest BCUT2D eigenvalue weighted by atomic mass is 31.2. The summed E-state index contributed by atoms with van der Waals surface area (Å²) in [5, 5.41) is 21.0. The monoisotopic (exact) mass is 375 g/mol. The van der Waals surface area contributed by atoms with Crippen LogP contribution >= 0.6 is 7.82 Å². The van der Waals surface area contributed by atoms with Gasteiger partial charge in [-0.1, -0.05) is 0 Å². The molecule has 6 atom stereocenters. The molecule has 1 aliphatic carbocycles. The summed E-state index contributed by atoms with van der Waals surface area (Å²) in [6.45, 7) is 1.11. The van der Waals surface area contributed by atoms with Crippen molar-refractivity contribution in [3.8, 4) is 0 Å². The number of rotatable bonds is 7. The van der Waals surface area contributed by atoms with Gasteiger partial charge >= 0.3 is 7.82 Å². The Labute approximate surface area is 143 Å². The van der Waals surface area contributed by atoms with Crippen LogP contribution in [0.4, 0.5) is 0 Å². The van der Waals surface area contributed by atoms with Crippen molar-refractivity contribution in [2.75, 3.05) is 13.2 Å². The molecule has 10 nitrogen and oxygen atoms in total. The van der Waals surface area contributed by atoms with Gasteiger partial charge in [0.25, 0.3) is 5.91 Å².